The molecule has 1 nitrogen and oxygen atoms in total. The molecule has 0 fully saturated rings. The second-order valence-corrected chi connectivity index (χ2v) is 1.09. The monoisotopic (exact) mass is 122 g/mol. The van der Waals surface area contributed by atoms with Crippen LogP contribution in [0.25, 0.3) is 0 Å². The Kier molecular flexibility index (Phi) is 24.4. The molecule has 3 heteroatoms. The Labute approximate surface area is 55.6 Å². The third-order valence-corrected chi connectivity index (χ3v) is 0. The second-order valence-electron chi connectivity index (χ2n) is 1.09. The number of aliphatic hydroxyl groups excluding tert-OH is 1. The quantitative estimate of drug-likeness (QED) is 0.417. The van der Waals surface area contributed by atoms with Gasteiger partial charge >= 0.3 is 0 Å². The van der Waals surface area contributed by atoms with Gasteiger partial charge in [-0.3, -0.25) is 0 Å². The zero-order valence-corrected chi connectivity index (χ0v) is 5.09. The summed E-state index contributed by atoms with van der Waals surface area (Å²) in [5.41, 5.74) is 0. The topological polar surface area (TPSA) is 20.2 Å². The Morgan fingerprint density at radius 3 is 1.33 bits per heavy atom. The summed E-state index contributed by atoms with van der Waals surface area (Å²) >= 11 is 0. The third-order valence-electron chi connectivity index (χ3n) is 0. The fourth-order valence-corrected chi connectivity index (χ4v) is 0. The first-order valence-corrected chi connectivity index (χ1v) is 1.41. The van der Waals surface area contributed by atoms with Crippen LogP contribution in [0.5, 0.6) is 0 Å². The average molecular weight is 122 g/mol. The van der Waals surface area contributed by atoms with Gasteiger partial charge in [0.05, 0.1) is 8.41 Å². The fraction of sp³-hybridized carbons (Fsp3) is 1.00. The minimum atomic E-state index is -0.167. The predicted molar refractivity (Wildman–Crippen MR) is 27.3 cm³/mol. The fourth-order valence-electron chi connectivity index (χ4n) is 0. The molecular weight excluding hydrogens is 111 g/mol. The van der Waals surface area contributed by atoms with Crippen LogP contribution >= 0.6 is 0 Å². The molecule has 0 atom stereocenters. The first kappa shape index (κ1) is 15.9. The largest absolute Gasteiger partial charge is 0.394 e. The Balaban J connectivity index is -0.0000000450. The van der Waals surface area contributed by atoms with Gasteiger partial charge in [-0.05, 0) is 13.8 Å². The van der Waals surface area contributed by atoms with Gasteiger partial charge in [-0.1, -0.05) is 0 Å². The Bertz CT molecular complexity index is 15.5. The zero-order valence-electron chi connectivity index (χ0n) is 3.52. The smallest absolute Gasteiger partial charge is 0.0814 e. The van der Waals surface area contributed by atoms with E-state index in [4.69, 9.17) is 5.11 Å². The summed E-state index contributed by atoms with van der Waals surface area (Å²) < 4.78 is 0. The van der Waals surface area contributed by atoms with E-state index in [0.29, 0.717) is 0 Å². The van der Waals surface area contributed by atoms with Crippen LogP contribution in [-0.4, -0.2) is 19.6 Å². The summed E-state index contributed by atoms with van der Waals surface area (Å²) in [7, 11) is 0. The molecule has 36 valence electrons. The first-order chi connectivity index (χ1) is 1.73. The van der Waals surface area contributed by atoms with E-state index in [2.05, 4.69) is 0 Å². The summed E-state index contributed by atoms with van der Waals surface area (Å²) in [6.45, 7) is 3.44. The van der Waals surface area contributed by atoms with Gasteiger partial charge in [-0.2, -0.15) is 0 Å². The molecule has 0 amide bonds. The van der Waals surface area contributed by atoms with E-state index in [-0.39, 0.29) is 36.2 Å². The van der Waals surface area contributed by atoms with Crippen molar-refractivity contribution in [1.82, 2.24) is 0 Å². The van der Waals surface area contributed by atoms with Crippen molar-refractivity contribution in [2.75, 3.05) is 0 Å². The molecule has 0 aliphatic heterocycles. The summed E-state index contributed by atoms with van der Waals surface area (Å²) in [4.78, 5) is 0. The molecule has 0 aliphatic carbocycles. The molecular formula is C3H11BOTi. The number of aliphatic hydroxyl groups is 1. The summed E-state index contributed by atoms with van der Waals surface area (Å²) in [5, 5.41) is 8.06. The molecule has 1 N–H and O–H groups in total. The second kappa shape index (κ2) is 9.22. The molecule has 0 rings (SSSR count). The summed E-state index contributed by atoms with van der Waals surface area (Å²) in [6.07, 6.45) is -0.167. The number of hydrogen-bond donors (Lipinski definition) is 1. The molecule has 0 spiro atoms. The van der Waals surface area contributed by atoms with Crippen molar-refractivity contribution in [3.05, 3.63) is 0 Å². The van der Waals surface area contributed by atoms with Crippen LogP contribution < -0.4 is 0 Å². The molecule has 0 bridgehead atoms. The molecule has 0 unspecified atom stereocenters. The van der Waals surface area contributed by atoms with Gasteiger partial charge in [0.15, 0.2) is 0 Å². The first-order valence-electron chi connectivity index (χ1n) is 1.41. The van der Waals surface area contributed by atoms with Gasteiger partial charge in [-0.25, -0.2) is 0 Å². The van der Waals surface area contributed by atoms with Gasteiger partial charge < -0.3 is 5.11 Å². The van der Waals surface area contributed by atoms with Crippen molar-refractivity contribution in [3.8, 4) is 0 Å². The van der Waals surface area contributed by atoms with Crippen LogP contribution in [0.3, 0.4) is 0 Å². The molecule has 0 radical (unpaired) electrons. The molecule has 0 aliphatic rings. The van der Waals surface area contributed by atoms with Crippen molar-refractivity contribution in [2.24, 2.45) is 0 Å². The van der Waals surface area contributed by atoms with Crippen molar-refractivity contribution in [2.45, 2.75) is 20.0 Å². The van der Waals surface area contributed by atoms with Gasteiger partial charge in [0.1, 0.15) is 0 Å². The summed E-state index contributed by atoms with van der Waals surface area (Å²) in [6, 6.07) is 0. The standard InChI is InChI=1S/C3H8O.BH3.Ti/c1-3(2)4;;/h3-4H,1-2H3;1H3;. The van der Waals surface area contributed by atoms with Crippen LogP contribution in [0.15, 0.2) is 0 Å². The van der Waals surface area contributed by atoms with Gasteiger partial charge in [0, 0.05) is 27.8 Å². The molecule has 0 aromatic rings. The van der Waals surface area contributed by atoms with Crippen molar-refractivity contribution >= 4 is 8.41 Å². The van der Waals surface area contributed by atoms with E-state index in [1.54, 1.807) is 13.8 Å². The van der Waals surface area contributed by atoms with Crippen LogP contribution in [0, 0.1) is 0 Å². The predicted octanol–water partition coefficient (Wildman–Crippen LogP) is -0.799. The van der Waals surface area contributed by atoms with Crippen LogP contribution in [0.2, 0.25) is 0 Å². The Hall–Kier alpha value is 0.739. The van der Waals surface area contributed by atoms with Gasteiger partial charge in [-0.15, -0.1) is 0 Å². The van der Waals surface area contributed by atoms with E-state index >= 15 is 0 Å². The van der Waals surface area contributed by atoms with E-state index in [0.717, 1.165) is 0 Å². The molecule has 6 heavy (non-hydrogen) atoms. The van der Waals surface area contributed by atoms with Gasteiger partial charge in [0.2, 0.25) is 0 Å². The molecule has 0 aromatic carbocycles. The summed E-state index contributed by atoms with van der Waals surface area (Å²) in [5.74, 6) is 0. The van der Waals surface area contributed by atoms with Gasteiger partial charge in [0.25, 0.3) is 0 Å². The van der Waals surface area contributed by atoms with Crippen LogP contribution in [-0.2, 0) is 21.7 Å². The maximum absolute atomic E-state index is 8.06. The zero-order chi connectivity index (χ0) is 3.58. The van der Waals surface area contributed by atoms with Crippen LogP contribution in [0.4, 0.5) is 0 Å². The number of rotatable bonds is 0. The van der Waals surface area contributed by atoms with E-state index in [1.807, 2.05) is 0 Å². The average Bonchev–Trinajstić information content (AvgIpc) is 0.811. The van der Waals surface area contributed by atoms with E-state index < -0.39 is 0 Å². The molecule has 0 saturated carbocycles. The number of hydrogen-bond acceptors (Lipinski definition) is 1. The molecule has 0 aromatic heterocycles. The maximum atomic E-state index is 8.06. The van der Waals surface area contributed by atoms with E-state index in [9.17, 15) is 0 Å². The van der Waals surface area contributed by atoms with Crippen molar-refractivity contribution in [1.29, 1.82) is 0 Å². The van der Waals surface area contributed by atoms with Crippen LogP contribution in [0.1, 0.15) is 13.8 Å². The SMILES string of the molecule is B.CC(C)O.[Ti]. The van der Waals surface area contributed by atoms with Crippen molar-refractivity contribution in [3.63, 3.8) is 0 Å². The minimum Gasteiger partial charge on any atom is -0.394 e. The van der Waals surface area contributed by atoms with Crippen molar-refractivity contribution < 1.29 is 26.8 Å². The third kappa shape index (κ3) is 121. The normalized spacial score (nSPS) is 6.00. The minimum absolute atomic E-state index is 0. The molecule has 0 heterocycles. The Morgan fingerprint density at radius 1 is 1.33 bits per heavy atom. The Morgan fingerprint density at radius 2 is 1.33 bits per heavy atom. The molecule has 0 saturated heterocycles. The maximum Gasteiger partial charge on any atom is 0.0814 e. The van der Waals surface area contributed by atoms with E-state index in [1.165, 1.54) is 0 Å².